The highest BCUT2D eigenvalue weighted by Gasteiger charge is 2.33. The summed E-state index contributed by atoms with van der Waals surface area (Å²) >= 11 is 2.55. The molecule has 4 aromatic rings. The molecule has 0 saturated heterocycles. The van der Waals surface area contributed by atoms with Crippen molar-refractivity contribution >= 4 is 22.6 Å². The van der Waals surface area contributed by atoms with Crippen LogP contribution in [0.2, 0.25) is 0 Å². The second kappa shape index (κ2) is 22.9. The van der Waals surface area contributed by atoms with Crippen LogP contribution in [0.1, 0.15) is 235 Å². The number of alkyl halides is 1. The van der Waals surface area contributed by atoms with Crippen molar-refractivity contribution in [2.45, 2.75) is 209 Å². The van der Waals surface area contributed by atoms with Crippen LogP contribution in [0.3, 0.4) is 0 Å². The van der Waals surface area contributed by atoms with E-state index in [1.54, 1.807) is 0 Å². The quantitative estimate of drug-likeness (QED) is 0.0600. The first-order valence-electron chi connectivity index (χ1n) is 25.8. The second-order valence-corrected chi connectivity index (χ2v) is 24.4. The topological polar surface area (TPSA) is 36.9 Å². The van der Waals surface area contributed by atoms with E-state index in [0.29, 0.717) is 45.7 Å². The molecule has 0 aromatic heterocycles. The first kappa shape index (κ1) is 53.8. The molecule has 0 fully saturated rings. The Bertz CT molecular complexity index is 2070. The zero-order valence-corrected chi connectivity index (χ0v) is 46.7. The summed E-state index contributed by atoms with van der Waals surface area (Å²) in [6.07, 6.45) is 10.3. The molecule has 5 heteroatoms. The third-order valence-corrected chi connectivity index (χ3v) is 13.9. The van der Waals surface area contributed by atoms with Gasteiger partial charge in [-0.1, -0.05) is 195 Å². The monoisotopic (exact) mass is 1010 g/mol. The van der Waals surface area contributed by atoms with Crippen LogP contribution in [0.5, 0.6) is 23.0 Å². The second-order valence-electron chi connectivity index (χ2n) is 23.4. The zero-order valence-electron chi connectivity index (χ0n) is 44.5. The van der Waals surface area contributed by atoms with Crippen molar-refractivity contribution in [3.63, 3.8) is 0 Å². The van der Waals surface area contributed by atoms with Crippen LogP contribution < -0.4 is 18.9 Å². The lowest BCUT2D eigenvalue weighted by Gasteiger charge is -2.32. The van der Waals surface area contributed by atoms with Gasteiger partial charge in [0.15, 0.2) is 0 Å². The number of ether oxygens (including phenoxy) is 4. The van der Waals surface area contributed by atoms with Crippen LogP contribution >= 0.6 is 22.6 Å². The van der Waals surface area contributed by atoms with Gasteiger partial charge in [-0.2, -0.15) is 0 Å². The van der Waals surface area contributed by atoms with Gasteiger partial charge in [0.05, 0.1) is 26.4 Å². The van der Waals surface area contributed by atoms with Crippen LogP contribution in [0, 0.1) is 0 Å². The summed E-state index contributed by atoms with van der Waals surface area (Å²) in [5.41, 5.74) is 14.9. The maximum absolute atomic E-state index is 7.20. The van der Waals surface area contributed by atoms with Crippen molar-refractivity contribution in [2.75, 3.05) is 30.9 Å². The van der Waals surface area contributed by atoms with Crippen molar-refractivity contribution in [1.29, 1.82) is 0 Å². The molecule has 66 heavy (non-hydrogen) atoms. The zero-order chi connectivity index (χ0) is 48.6. The van der Waals surface area contributed by atoms with E-state index in [1.165, 1.54) is 84.0 Å². The van der Waals surface area contributed by atoms with E-state index in [4.69, 9.17) is 18.9 Å². The predicted octanol–water partition coefficient (Wildman–Crippen LogP) is 17.2. The fraction of sp³-hybridized carbons (Fsp3) is 0.607. The lowest BCUT2D eigenvalue weighted by atomic mass is 9.75. The van der Waals surface area contributed by atoms with Crippen molar-refractivity contribution in [3.05, 3.63) is 115 Å². The molecule has 0 amide bonds. The maximum Gasteiger partial charge on any atom is 0.126 e. The molecule has 0 aliphatic heterocycles. The minimum absolute atomic E-state index is 0.0486. The third kappa shape index (κ3) is 13.5. The molecule has 1 aliphatic carbocycles. The van der Waals surface area contributed by atoms with E-state index in [2.05, 4.69) is 182 Å². The van der Waals surface area contributed by atoms with E-state index >= 15 is 0 Å². The summed E-state index contributed by atoms with van der Waals surface area (Å²) in [4.78, 5) is 0. The molecule has 364 valence electrons. The molecule has 4 aromatic carbocycles. The van der Waals surface area contributed by atoms with Crippen molar-refractivity contribution in [3.8, 4) is 23.0 Å². The fourth-order valence-electron chi connectivity index (χ4n) is 9.23. The van der Waals surface area contributed by atoms with Gasteiger partial charge in [0.1, 0.15) is 23.0 Å². The first-order chi connectivity index (χ1) is 31.0. The molecule has 0 unspecified atom stereocenters. The number of rotatable bonds is 17. The highest BCUT2D eigenvalue weighted by Crippen LogP contribution is 2.49. The standard InChI is InChI=1S/C61H89IO4/c1-17-26-63-54-41-30-42-34-48(59(8,9)10)36-44(55(42)64-27-18-2)32-46-38-50(61(14,15)16)40-53(57(46)66-29-20-4)51(24-22-21-23-25-62)52-39-49(60(11,12)13)37-45(56(52)65-28-19-3)31-43(54)35-47(33-41)58(5,6)7/h33-40,51H,17-32H2,1-16H3. The van der Waals surface area contributed by atoms with E-state index in [-0.39, 0.29) is 27.6 Å². The van der Waals surface area contributed by atoms with Crippen LogP contribution in [-0.2, 0) is 40.9 Å². The Labute approximate surface area is 417 Å². The molecule has 5 rings (SSSR count). The number of hydrogen-bond acceptors (Lipinski definition) is 4. The number of halogens is 1. The molecule has 0 saturated carbocycles. The molecule has 8 bridgehead atoms. The summed E-state index contributed by atoms with van der Waals surface area (Å²) in [5, 5.41) is 0. The van der Waals surface area contributed by atoms with Crippen molar-refractivity contribution in [2.24, 2.45) is 0 Å². The number of unbranched alkanes of at least 4 members (excludes halogenated alkanes) is 2. The van der Waals surface area contributed by atoms with Crippen LogP contribution in [0.25, 0.3) is 0 Å². The van der Waals surface area contributed by atoms with E-state index in [9.17, 15) is 0 Å². The normalized spacial score (nSPS) is 13.8. The SMILES string of the molecule is CCCOc1c2cc(C(C)(C)C)cc1Cc1cc(C(C)(C)C)cc(c1OCCC)C(CCCCCI)c1cc(C(C)(C)C)cc(c1OCCC)Cc1cc(C(C)(C)C)cc(c1OCCC)C2. The van der Waals surface area contributed by atoms with Gasteiger partial charge in [-0.3, -0.25) is 0 Å². The fourth-order valence-corrected chi connectivity index (χ4v) is 9.77. The molecule has 0 heterocycles. The van der Waals surface area contributed by atoms with Crippen molar-refractivity contribution < 1.29 is 18.9 Å². The average molecular weight is 1010 g/mol. The maximum atomic E-state index is 7.20. The Morgan fingerprint density at radius 1 is 0.394 bits per heavy atom. The van der Waals surface area contributed by atoms with Gasteiger partial charge >= 0.3 is 0 Å². The van der Waals surface area contributed by atoms with E-state index in [0.717, 1.165) is 61.5 Å². The van der Waals surface area contributed by atoms with Gasteiger partial charge in [0.2, 0.25) is 0 Å². The van der Waals surface area contributed by atoms with Gasteiger partial charge in [-0.15, -0.1) is 0 Å². The summed E-state index contributed by atoms with van der Waals surface area (Å²) in [7, 11) is 0. The number of hydrogen-bond donors (Lipinski definition) is 0. The summed E-state index contributed by atoms with van der Waals surface area (Å²) in [6.45, 7) is 39.8. The average Bonchev–Trinajstić information content (AvgIpc) is 3.22. The Hall–Kier alpha value is -3.19. The molecule has 0 atom stereocenters. The van der Waals surface area contributed by atoms with Crippen LogP contribution in [0.4, 0.5) is 0 Å². The molecule has 1 aliphatic rings. The van der Waals surface area contributed by atoms with Crippen LogP contribution in [-0.4, -0.2) is 30.9 Å². The van der Waals surface area contributed by atoms with Crippen molar-refractivity contribution in [1.82, 2.24) is 0 Å². The summed E-state index contributed by atoms with van der Waals surface area (Å²) in [6, 6.07) is 19.8. The van der Waals surface area contributed by atoms with Crippen LogP contribution in [0.15, 0.2) is 48.5 Å². The van der Waals surface area contributed by atoms with Gasteiger partial charge in [0, 0.05) is 36.3 Å². The summed E-state index contributed by atoms with van der Waals surface area (Å²) in [5.74, 6) is 4.15. The molecular formula is C61H89IO4. The van der Waals surface area contributed by atoms with Gasteiger partial charge < -0.3 is 18.9 Å². The summed E-state index contributed by atoms with van der Waals surface area (Å²) < 4.78 is 29.7. The van der Waals surface area contributed by atoms with Gasteiger partial charge in [-0.25, -0.2) is 0 Å². The lowest BCUT2D eigenvalue weighted by molar-refractivity contribution is 0.301. The van der Waals surface area contributed by atoms with Gasteiger partial charge in [-0.05, 0) is 120 Å². The lowest BCUT2D eigenvalue weighted by Crippen LogP contribution is -2.19. The Morgan fingerprint density at radius 3 is 0.939 bits per heavy atom. The Balaban J connectivity index is 2.09. The highest BCUT2D eigenvalue weighted by molar-refractivity contribution is 14.1. The minimum Gasteiger partial charge on any atom is -0.493 e. The van der Waals surface area contributed by atoms with E-state index in [1.807, 2.05) is 0 Å². The first-order valence-corrected chi connectivity index (χ1v) is 27.3. The molecule has 0 N–H and O–H groups in total. The third-order valence-electron chi connectivity index (χ3n) is 13.2. The minimum atomic E-state index is -0.0956. The number of benzene rings is 4. The molecule has 4 nitrogen and oxygen atoms in total. The van der Waals surface area contributed by atoms with Gasteiger partial charge in [0.25, 0.3) is 0 Å². The van der Waals surface area contributed by atoms with E-state index < -0.39 is 0 Å². The Morgan fingerprint density at radius 2 is 0.667 bits per heavy atom. The molecule has 0 spiro atoms. The smallest absolute Gasteiger partial charge is 0.126 e. The highest BCUT2D eigenvalue weighted by atomic mass is 127. The largest absolute Gasteiger partial charge is 0.493 e. The predicted molar refractivity (Wildman–Crippen MR) is 291 cm³/mol. The number of fused-ring (bicyclic) bond motifs is 8. The molecular weight excluding hydrogens is 924 g/mol. The molecule has 0 radical (unpaired) electrons. The Kier molecular flexibility index (Phi) is 18.7.